The number of hydrogen-bond acceptors (Lipinski definition) is 4. The Kier molecular flexibility index (Phi) is 10.5. The minimum Gasteiger partial charge on any atom is -0.352 e. The van der Waals surface area contributed by atoms with E-state index >= 15 is 0 Å². The average Bonchev–Trinajstić information content (AvgIpc) is 2.95. The first-order chi connectivity index (χ1) is 12.6. The third-order valence-corrected chi connectivity index (χ3v) is 5.01. The van der Waals surface area contributed by atoms with E-state index in [9.17, 15) is 4.79 Å². The number of rotatable bonds is 7. The van der Waals surface area contributed by atoms with Crippen LogP contribution in [0.15, 0.2) is 30.5 Å². The quantitative estimate of drug-likeness (QED) is 0.665. The van der Waals surface area contributed by atoms with Gasteiger partial charge in [0.2, 0.25) is 0 Å². The topological polar surface area (TPSA) is 62.2 Å². The first kappa shape index (κ1) is 24.4. The fourth-order valence-corrected chi connectivity index (χ4v) is 3.46. The number of aryl methyl sites for hydroxylation is 1. The number of piperazine rings is 1. The van der Waals surface area contributed by atoms with Gasteiger partial charge >= 0.3 is 0 Å². The van der Waals surface area contributed by atoms with Gasteiger partial charge in [-0.2, -0.15) is 0 Å². The number of carbonyl (C=O) groups excluding carboxylic acids is 1. The minimum atomic E-state index is 0. The van der Waals surface area contributed by atoms with Crippen LogP contribution in [0.4, 0.5) is 0 Å². The summed E-state index contributed by atoms with van der Waals surface area (Å²) < 4.78 is 2.15. The Hall–Kier alpha value is -1.60. The predicted molar refractivity (Wildman–Crippen MR) is 118 cm³/mol. The van der Waals surface area contributed by atoms with E-state index in [1.807, 2.05) is 38.1 Å². The van der Waals surface area contributed by atoms with Crippen molar-refractivity contribution in [2.75, 3.05) is 39.3 Å². The largest absolute Gasteiger partial charge is 0.352 e. The molecular formula is C20H31Cl2N5O. The van der Waals surface area contributed by atoms with E-state index in [-0.39, 0.29) is 30.7 Å². The second-order valence-corrected chi connectivity index (χ2v) is 6.89. The van der Waals surface area contributed by atoms with Gasteiger partial charge in [-0.1, -0.05) is 6.07 Å². The highest BCUT2D eigenvalue weighted by Gasteiger charge is 2.16. The summed E-state index contributed by atoms with van der Waals surface area (Å²) in [6.07, 6.45) is 2.79. The second-order valence-electron chi connectivity index (χ2n) is 6.89. The zero-order chi connectivity index (χ0) is 18.4. The fourth-order valence-electron chi connectivity index (χ4n) is 3.46. The summed E-state index contributed by atoms with van der Waals surface area (Å²) in [7, 11) is 0. The highest BCUT2D eigenvalue weighted by atomic mass is 35.5. The van der Waals surface area contributed by atoms with E-state index < -0.39 is 0 Å². The SMILES string of the molecule is Cc1cc(C(=O)NCCCN2CCNCC2)c(C)n1Cc1ccccn1.Cl.Cl. The molecule has 0 bridgehead atoms. The summed E-state index contributed by atoms with van der Waals surface area (Å²) in [5, 5.41) is 6.43. The first-order valence-electron chi connectivity index (χ1n) is 9.43. The molecule has 0 aromatic carbocycles. The van der Waals surface area contributed by atoms with Crippen LogP contribution in [0.1, 0.15) is 33.9 Å². The molecule has 2 aromatic heterocycles. The Morgan fingerprint density at radius 3 is 2.64 bits per heavy atom. The summed E-state index contributed by atoms with van der Waals surface area (Å²) in [5.41, 5.74) is 3.84. The van der Waals surface area contributed by atoms with Crippen molar-refractivity contribution in [2.45, 2.75) is 26.8 Å². The molecule has 2 N–H and O–H groups in total. The molecule has 8 heteroatoms. The molecule has 0 atom stereocenters. The van der Waals surface area contributed by atoms with Crippen LogP contribution in [-0.2, 0) is 6.54 Å². The van der Waals surface area contributed by atoms with Crippen molar-refractivity contribution < 1.29 is 4.79 Å². The lowest BCUT2D eigenvalue weighted by Gasteiger charge is -2.27. The number of carbonyl (C=O) groups is 1. The molecule has 0 radical (unpaired) electrons. The van der Waals surface area contributed by atoms with Crippen LogP contribution >= 0.6 is 24.8 Å². The number of amides is 1. The highest BCUT2D eigenvalue weighted by Crippen LogP contribution is 2.16. The van der Waals surface area contributed by atoms with Crippen molar-refractivity contribution in [1.82, 2.24) is 25.1 Å². The van der Waals surface area contributed by atoms with Gasteiger partial charge in [0.25, 0.3) is 5.91 Å². The lowest BCUT2D eigenvalue weighted by Crippen LogP contribution is -2.44. The van der Waals surface area contributed by atoms with Crippen molar-refractivity contribution >= 4 is 30.7 Å². The van der Waals surface area contributed by atoms with Crippen LogP contribution in [0.3, 0.4) is 0 Å². The molecule has 28 heavy (non-hydrogen) atoms. The van der Waals surface area contributed by atoms with E-state index in [0.717, 1.165) is 61.8 Å². The Morgan fingerprint density at radius 2 is 1.96 bits per heavy atom. The summed E-state index contributed by atoms with van der Waals surface area (Å²) in [6.45, 7) is 10.8. The Bertz CT molecular complexity index is 730. The third-order valence-electron chi connectivity index (χ3n) is 5.01. The molecule has 6 nitrogen and oxygen atoms in total. The van der Waals surface area contributed by atoms with Crippen molar-refractivity contribution in [2.24, 2.45) is 0 Å². The van der Waals surface area contributed by atoms with Crippen LogP contribution in [0.2, 0.25) is 0 Å². The Balaban J connectivity index is 0.00000196. The minimum absolute atomic E-state index is 0. The first-order valence-corrected chi connectivity index (χ1v) is 9.43. The molecular weight excluding hydrogens is 397 g/mol. The zero-order valence-corrected chi connectivity index (χ0v) is 18.2. The van der Waals surface area contributed by atoms with Crippen LogP contribution in [0, 0.1) is 13.8 Å². The molecule has 1 aliphatic rings. The van der Waals surface area contributed by atoms with Gasteiger partial charge in [-0.05, 0) is 45.0 Å². The number of aromatic nitrogens is 2. The van der Waals surface area contributed by atoms with Gasteiger partial charge in [-0.15, -0.1) is 24.8 Å². The maximum atomic E-state index is 12.6. The van der Waals surface area contributed by atoms with Crippen molar-refractivity contribution in [3.8, 4) is 0 Å². The smallest absolute Gasteiger partial charge is 0.253 e. The number of halogens is 2. The second kappa shape index (κ2) is 12.1. The molecule has 0 aliphatic carbocycles. The predicted octanol–water partition coefficient (Wildman–Crippen LogP) is 2.42. The van der Waals surface area contributed by atoms with Gasteiger partial charge in [-0.25, -0.2) is 0 Å². The third kappa shape index (κ3) is 6.48. The van der Waals surface area contributed by atoms with Gasteiger partial charge in [0.15, 0.2) is 0 Å². The van der Waals surface area contributed by atoms with E-state index in [1.54, 1.807) is 6.20 Å². The zero-order valence-electron chi connectivity index (χ0n) is 16.6. The van der Waals surface area contributed by atoms with Crippen molar-refractivity contribution in [3.05, 3.63) is 53.1 Å². The summed E-state index contributed by atoms with van der Waals surface area (Å²) >= 11 is 0. The summed E-state index contributed by atoms with van der Waals surface area (Å²) in [5.74, 6) is 0.0191. The monoisotopic (exact) mass is 427 g/mol. The molecule has 1 amide bonds. The molecule has 1 saturated heterocycles. The van der Waals surface area contributed by atoms with Crippen LogP contribution in [-0.4, -0.2) is 59.6 Å². The number of nitrogens with one attached hydrogen (secondary N) is 2. The maximum absolute atomic E-state index is 12.6. The molecule has 0 unspecified atom stereocenters. The molecule has 156 valence electrons. The van der Waals surface area contributed by atoms with E-state index in [0.29, 0.717) is 13.1 Å². The molecule has 3 heterocycles. The summed E-state index contributed by atoms with van der Waals surface area (Å²) in [6, 6.07) is 7.89. The Morgan fingerprint density at radius 1 is 1.21 bits per heavy atom. The van der Waals surface area contributed by atoms with Gasteiger partial charge < -0.3 is 20.1 Å². The van der Waals surface area contributed by atoms with Crippen LogP contribution in [0.25, 0.3) is 0 Å². The van der Waals surface area contributed by atoms with Gasteiger partial charge in [0.1, 0.15) is 0 Å². The normalized spacial score (nSPS) is 14.1. The van der Waals surface area contributed by atoms with Crippen LogP contribution in [0.5, 0.6) is 0 Å². The maximum Gasteiger partial charge on any atom is 0.253 e. The summed E-state index contributed by atoms with van der Waals surface area (Å²) in [4.78, 5) is 19.4. The Labute approximate surface area is 179 Å². The van der Waals surface area contributed by atoms with Gasteiger partial charge in [0.05, 0.1) is 17.8 Å². The number of nitrogens with zero attached hydrogens (tertiary/aromatic N) is 3. The molecule has 1 aliphatic heterocycles. The standard InChI is InChI=1S/C20H29N5O.2ClH/c1-16-14-19(17(2)25(16)15-18-6-3-4-7-22-18)20(26)23-8-5-11-24-12-9-21-10-13-24;;/h3-4,6-7,14,21H,5,8-13,15H2,1-2H3,(H,23,26);2*1H. The van der Waals surface area contributed by atoms with Gasteiger partial charge in [0, 0.05) is 50.3 Å². The average molecular weight is 428 g/mol. The lowest BCUT2D eigenvalue weighted by atomic mass is 10.2. The lowest BCUT2D eigenvalue weighted by molar-refractivity contribution is 0.0950. The molecule has 0 saturated carbocycles. The van der Waals surface area contributed by atoms with E-state index in [4.69, 9.17) is 0 Å². The highest BCUT2D eigenvalue weighted by molar-refractivity contribution is 5.95. The molecule has 2 aromatic rings. The van der Waals surface area contributed by atoms with Crippen LogP contribution < -0.4 is 10.6 Å². The fraction of sp³-hybridized carbons (Fsp3) is 0.500. The van der Waals surface area contributed by atoms with E-state index in [2.05, 4.69) is 25.1 Å². The van der Waals surface area contributed by atoms with E-state index in [1.165, 1.54) is 0 Å². The van der Waals surface area contributed by atoms with Crippen molar-refractivity contribution in [1.29, 1.82) is 0 Å². The molecule has 3 rings (SSSR count). The molecule has 1 fully saturated rings. The number of pyridine rings is 1. The molecule has 0 spiro atoms. The number of hydrogen-bond donors (Lipinski definition) is 2. The van der Waals surface area contributed by atoms with Crippen molar-refractivity contribution in [3.63, 3.8) is 0 Å². The van der Waals surface area contributed by atoms with Gasteiger partial charge in [-0.3, -0.25) is 9.78 Å².